The van der Waals surface area contributed by atoms with Gasteiger partial charge in [0.05, 0.1) is 5.69 Å². The summed E-state index contributed by atoms with van der Waals surface area (Å²) in [6, 6.07) is 10.1. The lowest BCUT2D eigenvalue weighted by atomic mass is 10.2. The van der Waals surface area contributed by atoms with Gasteiger partial charge in [0, 0.05) is 17.6 Å². The van der Waals surface area contributed by atoms with Gasteiger partial charge in [0.15, 0.2) is 0 Å². The second-order valence-corrected chi connectivity index (χ2v) is 3.84. The van der Waals surface area contributed by atoms with Crippen LogP contribution in [-0.2, 0) is 0 Å². The number of rotatable bonds is 2. The summed E-state index contributed by atoms with van der Waals surface area (Å²) < 4.78 is 1.08. The summed E-state index contributed by atoms with van der Waals surface area (Å²) in [5, 5.41) is 10.0. The number of hydrogen-bond donors (Lipinski definition) is 2. The zero-order valence-electron chi connectivity index (χ0n) is 7.71. The number of H-pyrrole nitrogens is 1. The highest BCUT2D eigenvalue weighted by Crippen LogP contribution is 2.21. The largest absolute Gasteiger partial charge is 0.372 e. The Morgan fingerprint density at radius 3 is 2.57 bits per heavy atom. The SMILES string of the molecule is CNc1cc(-c2ccc(Br)cc2)[nH]n1. The highest BCUT2D eigenvalue weighted by Gasteiger charge is 2.01. The molecule has 3 nitrogen and oxygen atoms in total. The predicted molar refractivity (Wildman–Crippen MR) is 61.3 cm³/mol. The van der Waals surface area contributed by atoms with Crippen molar-refractivity contribution in [3.05, 3.63) is 34.8 Å². The Bertz CT molecular complexity index is 419. The van der Waals surface area contributed by atoms with Crippen molar-refractivity contribution in [2.45, 2.75) is 0 Å². The van der Waals surface area contributed by atoms with Crippen molar-refractivity contribution in [2.24, 2.45) is 0 Å². The fourth-order valence-corrected chi connectivity index (χ4v) is 1.49. The molecule has 72 valence electrons. The van der Waals surface area contributed by atoms with Gasteiger partial charge < -0.3 is 5.32 Å². The number of aromatic amines is 1. The molecule has 0 spiro atoms. The molecule has 0 fully saturated rings. The lowest BCUT2D eigenvalue weighted by Gasteiger charge is -1.96. The van der Waals surface area contributed by atoms with Gasteiger partial charge in [0.1, 0.15) is 5.82 Å². The Hall–Kier alpha value is -1.29. The third-order valence-corrected chi connectivity index (χ3v) is 2.52. The molecule has 1 heterocycles. The zero-order chi connectivity index (χ0) is 9.97. The first-order chi connectivity index (χ1) is 6.79. The second kappa shape index (κ2) is 3.84. The van der Waals surface area contributed by atoms with Gasteiger partial charge in [-0.3, -0.25) is 5.10 Å². The van der Waals surface area contributed by atoms with Gasteiger partial charge in [-0.1, -0.05) is 28.1 Å². The van der Waals surface area contributed by atoms with E-state index in [9.17, 15) is 0 Å². The van der Waals surface area contributed by atoms with Gasteiger partial charge in [-0.2, -0.15) is 5.10 Å². The molecule has 0 atom stereocenters. The van der Waals surface area contributed by atoms with Crippen LogP contribution in [0.5, 0.6) is 0 Å². The van der Waals surface area contributed by atoms with E-state index in [1.54, 1.807) is 0 Å². The molecule has 0 saturated carbocycles. The zero-order valence-corrected chi connectivity index (χ0v) is 9.30. The fourth-order valence-electron chi connectivity index (χ4n) is 1.23. The Labute approximate surface area is 90.7 Å². The van der Waals surface area contributed by atoms with E-state index in [4.69, 9.17) is 0 Å². The van der Waals surface area contributed by atoms with Crippen LogP contribution in [0.3, 0.4) is 0 Å². The summed E-state index contributed by atoms with van der Waals surface area (Å²) in [4.78, 5) is 0. The molecular formula is C10H10BrN3. The predicted octanol–water partition coefficient (Wildman–Crippen LogP) is 2.88. The first-order valence-electron chi connectivity index (χ1n) is 4.28. The van der Waals surface area contributed by atoms with Crippen LogP contribution in [0.1, 0.15) is 0 Å². The van der Waals surface area contributed by atoms with Crippen molar-refractivity contribution in [3.63, 3.8) is 0 Å². The molecule has 1 aromatic heterocycles. The van der Waals surface area contributed by atoms with E-state index in [0.29, 0.717) is 0 Å². The van der Waals surface area contributed by atoms with Crippen molar-refractivity contribution in [1.29, 1.82) is 0 Å². The Morgan fingerprint density at radius 2 is 2.00 bits per heavy atom. The lowest BCUT2D eigenvalue weighted by Crippen LogP contribution is -1.85. The molecule has 0 amide bonds. The summed E-state index contributed by atoms with van der Waals surface area (Å²) in [5.41, 5.74) is 2.14. The minimum Gasteiger partial charge on any atom is -0.372 e. The molecule has 0 unspecified atom stereocenters. The fraction of sp³-hybridized carbons (Fsp3) is 0.100. The van der Waals surface area contributed by atoms with Gasteiger partial charge in [0.25, 0.3) is 0 Å². The standard InChI is InChI=1S/C10H10BrN3/c1-12-10-6-9(13-14-10)7-2-4-8(11)5-3-7/h2-6H,1H3,(H2,12,13,14). The minimum atomic E-state index is 0.850. The highest BCUT2D eigenvalue weighted by atomic mass is 79.9. The van der Waals surface area contributed by atoms with Crippen molar-refractivity contribution < 1.29 is 0 Å². The number of benzene rings is 1. The van der Waals surface area contributed by atoms with Crippen LogP contribution in [0.15, 0.2) is 34.8 Å². The van der Waals surface area contributed by atoms with Crippen LogP contribution >= 0.6 is 15.9 Å². The van der Waals surface area contributed by atoms with Gasteiger partial charge in [0.2, 0.25) is 0 Å². The summed E-state index contributed by atoms with van der Waals surface area (Å²) in [5.74, 6) is 0.850. The molecule has 0 bridgehead atoms. The normalized spacial score (nSPS) is 10.1. The Kier molecular flexibility index (Phi) is 2.54. The van der Waals surface area contributed by atoms with Gasteiger partial charge in [-0.25, -0.2) is 0 Å². The second-order valence-electron chi connectivity index (χ2n) is 2.92. The smallest absolute Gasteiger partial charge is 0.148 e. The van der Waals surface area contributed by atoms with Crippen molar-refractivity contribution in [1.82, 2.24) is 10.2 Å². The van der Waals surface area contributed by atoms with E-state index < -0.39 is 0 Å². The molecule has 2 N–H and O–H groups in total. The maximum Gasteiger partial charge on any atom is 0.148 e. The third-order valence-electron chi connectivity index (χ3n) is 1.99. The molecule has 0 aliphatic heterocycles. The Balaban J connectivity index is 2.34. The van der Waals surface area contributed by atoms with Crippen LogP contribution < -0.4 is 5.32 Å². The first-order valence-corrected chi connectivity index (χ1v) is 5.08. The molecule has 0 radical (unpaired) electrons. The van der Waals surface area contributed by atoms with Crippen LogP contribution in [0.2, 0.25) is 0 Å². The topological polar surface area (TPSA) is 40.7 Å². The van der Waals surface area contributed by atoms with Crippen molar-refractivity contribution in [3.8, 4) is 11.3 Å². The average molecular weight is 252 g/mol. The quantitative estimate of drug-likeness (QED) is 0.862. The molecule has 0 aliphatic rings. The number of nitrogens with one attached hydrogen (secondary N) is 2. The van der Waals surface area contributed by atoms with E-state index in [1.165, 1.54) is 0 Å². The van der Waals surface area contributed by atoms with Gasteiger partial charge in [-0.15, -0.1) is 0 Å². The molecular weight excluding hydrogens is 242 g/mol. The number of halogens is 1. The minimum absolute atomic E-state index is 0.850. The summed E-state index contributed by atoms with van der Waals surface area (Å²) in [6.07, 6.45) is 0. The van der Waals surface area contributed by atoms with Crippen molar-refractivity contribution >= 4 is 21.7 Å². The number of nitrogens with zero attached hydrogens (tertiary/aromatic N) is 1. The van der Waals surface area contributed by atoms with Crippen LogP contribution in [-0.4, -0.2) is 17.2 Å². The summed E-state index contributed by atoms with van der Waals surface area (Å²) >= 11 is 3.40. The van der Waals surface area contributed by atoms with Crippen LogP contribution in [0.4, 0.5) is 5.82 Å². The van der Waals surface area contributed by atoms with Gasteiger partial charge in [-0.05, 0) is 17.7 Å². The molecule has 0 saturated heterocycles. The number of aromatic nitrogens is 2. The molecule has 14 heavy (non-hydrogen) atoms. The molecule has 1 aromatic carbocycles. The van der Waals surface area contributed by atoms with E-state index in [1.807, 2.05) is 37.4 Å². The molecule has 4 heteroatoms. The molecule has 2 rings (SSSR count). The Morgan fingerprint density at radius 1 is 1.29 bits per heavy atom. The summed E-state index contributed by atoms with van der Waals surface area (Å²) in [7, 11) is 1.85. The van der Waals surface area contributed by atoms with Gasteiger partial charge >= 0.3 is 0 Å². The van der Waals surface area contributed by atoms with Crippen molar-refractivity contribution in [2.75, 3.05) is 12.4 Å². The molecule has 2 aromatic rings. The van der Waals surface area contributed by atoms with E-state index in [2.05, 4.69) is 31.4 Å². The molecule has 0 aliphatic carbocycles. The summed E-state index contributed by atoms with van der Waals surface area (Å²) in [6.45, 7) is 0. The average Bonchev–Trinajstić information content (AvgIpc) is 2.67. The maximum absolute atomic E-state index is 4.09. The lowest BCUT2D eigenvalue weighted by molar-refractivity contribution is 1.09. The first kappa shape index (κ1) is 9.27. The monoisotopic (exact) mass is 251 g/mol. The number of hydrogen-bond acceptors (Lipinski definition) is 2. The van der Waals surface area contributed by atoms with E-state index >= 15 is 0 Å². The third kappa shape index (κ3) is 1.80. The van der Waals surface area contributed by atoms with Crippen LogP contribution in [0, 0.1) is 0 Å². The highest BCUT2D eigenvalue weighted by molar-refractivity contribution is 9.10. The number of anilines is 1. The van der Waals surface area contributed by atoms with E-state index in [0.717, 1.165) is 21.5 Å². The van der Waals surface area contributed by atoms with E-state index in [-0.39, 0.29) is 0 Å². The van der Waals surface area contributed by atoms with Crippen LogP contribution in [0.25, 0.3) is 11.3 Å². The maximum atomic E-state index is 4.09.